The summed E-state index contributed by atoms with van der Waals surface area (Å²) >= 11 is 1.11. The number of hydrogen-bond acceptors (Lipinski definition) is 5. The molecule has 18 heavy (non-hydrogen) atoms. The summed E-state index contributed by atoms with van der Waals surface area (Å²) in [5.41, 5.74) is 0.182. The van der Waals surface area contributed by atoms with Gasteiger partial charge in [-0.15, -0.1) is 11.3 Å². The third-order valence-electron chi connectivity index (χ3n) is 2.10. The third kappa shape index (κ3) is 2.54. The first-order valence-electron chi connectivity index (χ1n) is 4.86. The summed E-state index contributed by atoms with van der Waals surface area (Å²) in [5, 5.41) is 1.67. The van der Waals surface area contributed by atoms with Gasteiger partial charge in [0.15, 0.2) is 0 Å². The number of ether oxygens (including phenoxy) is 1. The fourth-order valence-electron chi connectivity index (χ4n) is 1.30. The molecule has 0 fully saturated rings. The number of nitrogens with one attached hydrogen (secondary N) is 2. The first-order chi connectivity index (χ1) is 8.53. The molecule has 0 bridgehead atoms. The minimum Gasteiger partial charge on any atom is -0.464 e. The molecule has 96 valence electrons. The molecule has 2 aromatic rings. The number of rotatable bonds is 4. The van der Waals surface area contributed by atoms with Crippen LogP contribution in [0.2, 0.25) is 0 Å². The number of carbonyl (C=O) groups is 1. The van der Waals surface area contributed by atoms with E-state index in [0.29, 0.717) is 0 Å². The Labute approximate surface area is 108 Å². The second-order valence-corrected chi connectivity index (χ2v) is 6.17. The fourth-order valence-corrected chi connectivity index (χ4v) is 3.31. The Balaban J connectivity index is 2.20. The Morgan fingerprint density at radius 1 is 1.39 bits per heavy atom. The zero-order valence-corrected chi connectivity index (χ0v) is 11.0. The average Bonchev–Trinajstić information content (AvgIpc) is 2.97. The second kappa shape index (κ2) is 4.83. The van der Waals surface area contributed by atoms with Crippen molar-refractivity contribution in [3.63, 3.8) is 0 Å². The van der Waals surface area contributed by atoms with Crippen molar-refractivity contribution in [1.82, 2.24) is 4.98 Å². The van der Waals surface area contributed by atoms with Gasteiger partial charge in [-0.1, -0.05) is 6.07 Å². The Morgan fingerprint density at radius 3 is 2.78 bits per heavy atom. The fraction of sp³-hybridized carbons (Fsp3) is 0.100. The van der Waals surface area contributed by atoms with Crippen molar-refractivity contribution in [3.8, 4) is 0 Å². The normalized spacial score (nSPS) is 11.2. The van der Waals surface area contributed by atoms with E-state index < -0.39 is 16.0 Å². The predicted octanol–water partition coefficient (Wildman–Crippen LogP) is 1.66. The molecule has 2 N–H and O–H groups in total. The van der Waals surface area contributed by atoms with Crippen LogP contribution in [-0.4, -0.2) is 26.5 Å². The summed E-state index contributed by atoms with van der Waals surface area (Å²) in [6.07, 6.45) is 0. The monoisotopic (exact) mass is 286 g/mol. The molecule has 0 aliphatic rings. The van der Waals surface area contributed by atoms with Crippen LogP contribution < -0.4 is 4.72 Å². The Morgan fingerprint density at radius 2 is 2.17 bits per heavy atom. The van der Waals surface area contributed by atoms with E-state index in [9.17, 15) is 13.2 Å². The zero-order valence-electron chi connectivity index (χ0n) is 9.34. The number of sulfonamides is 1. The van der Waals surface area contributed by atoms with Gasteiger partial charge in [0.05, 0.1) is 7.11 Å². The number of H-pyrrole nitrogens is 1. The lowest BCUT2D eigenvalue weighted by Crippen LogP contribution is -2.12. The van der Waals surface area contributed by atoms with Crippen molar-refractivity contribution in [1.29, 1.82) is 0 Å². The largest absolute Gasteiger partial charge is 0.464 e. The number of carbonyl (C=O) groups excluding carboxylic acids is 1. The third-order valence-corrected chi connectivity index (χ3v) is 4.86. The number of thiophene rings is 1. The van der Waals surface area contributed by atoms with E-state index in [4.69, 9.17) is 0 Å². The Bertz CT molecular complexity index is 643. The van der Waals surface area contributed by atoms with Crippen molar-refractivity contribution >= 4 is 33.1 Å². The van der Waals surface area contributed by atoms with E-state index in [1.165, 1.54) is 25.3 Å². The maximum absolute atomic E-state index is 11.9. The molecule has 2 heterocycles. The lowest BCUT2D eigenvalue weighted by atomic mass is 10.4. The highest BCUT2D eigenvalue weighted by atomic mass is 32.2. The molecule has 0 saturated carbocycles. The summed E-state index contributed by atoms with van der Waals surface area (Å²) in [5.74, 6) is -0.347. The number of esters is 1. The average molecular weight is 286 g/mol. The standard InChI is InChI=1S/C10H10N2O4S2/c1-16-10(13)7-4-5-8(11-7)12-18(14,15)9-3-2-6-17-9/h2-6,11-12H,1H3. The summed E-state index contributed by atoms with van der Waals surface area (Å²) in [7, 11) is -2.36. The smallest absolute Gasteiger partial charge is 0.354 e. The topological polar surface area (TPSA) is 88.3 Å². The molecule has 2 aromatic heterocycles. The SMILES string of the molecule is COC(=O)c1ccc(NS(=O)(=O)c2cccs2)[nH]1. The minimum atomic E-state index is -3.60. The molecular weight excluding hydrogens is 276 g/mol. The molecule has 0 radical (unpaired) electrons. The number of methoxy groups -OCH3 is 1. The molecule has 8 heteroatoms. The first-order valence-corrected chi connectivity index (χ1v) is 7.23. The zero-order chi connectivity index (χ0) is 13.2. The van der Waals surface area contributed by atoms with Crippen LogP contribution >= 0.6 is 11.3 Å². The molecule has 0 amide bonds. The molecule has 2 rings (SSSR count). The van der Waals surface area contributed by atoms with Crippen LogP contribution in [0.15, 0.2) is 33.9 Å². The molecule has 0 aliphatic carbocycles. The number of aromatic nitrogens is 1. The van der Waals surface area contributed by atoms with Gasteiger partial charge in [-0.2, -0.15) is 0 Å². The van der Waals surface area contributed by atoms with Crippen LogP contribution in [0.4, 0.5) is 5.82 Å². The summed E-state index contributed by atoms with van der Waals surface area (Å²) in [6.45, 7) is 0. The summed E-state index contributed by atoms with van der Waals surface area (Å²) in [4.78, 5) is 13.8. The van der Waals surface area contributed by atoms with Crippen LogP contribution in [0.25, 0.3) is 0 Å². The van der Waals surface area contributed by atoms with Gasteiger partial charge >= 0.3 is 5.97 Å². The van der Waals surface area contributed by atoms with Crippen LogP contribution in [-0.2, 0) is 14.8 Å². The quantitative estimate of drug-likeness (QED) is 0.837. The van der Waals surface area contributed by atoms with Crippen molar-refractivity contribution in [2.45, 2.75) is 4.21 Å². The Hall–Kier alpha value is -1.80. The lowest BCUT2D eigenvalue weighted by Gasteiger charge is -2.03. The van der Waals surface area contributed by atoms with Crippen molar-refractivity contribution in [3.05, 3.63) is 35.3 Å². The predicted molar refractivity (Wildman–Crippen MR) is 67.3 cm³/mol. The molecule has 0 unspecified atom stereocenters. The van der Waals surface area contributed by atoms with E-state index >= 15 is 0 Å². The molecule has 6 nitrogen and oxygen atoms in total. The van der Waals surface area contributed by atoms with Crippen molar-refractivity contribution in [2.24, 2.45) is 0 Å². The summed E-state index contributed by atoms with van der Waals surface area (Å²) < 4.78 is 30.8. The van der Waals surface area contributed by atoms with Gasteiger partial charge in [0, 0.05) is 0 Å². The van der Waals surface area contributed by atoms with Crippen molar-refractivity contribution in [2.75, 3.05) is 11.8 Å². The van der Waals surface area contributed by atoms with Crippen LogP contribution in [0, 0.1) is 0 Å². The van der Waals surface area contributed by atoms with Gasteiger partial charge in [0.25, 0.3) is 10.0 Å². The van der Waals surface area contributed by atoms with E-state index in [-0.39, 0.29) is 15.7 Å². The molecule has 0 saturated heterocycles. The van der Waals surface area contributed by atoms with E-state index in [1.54, 1.807) is 11.4 Å². The maximum atomic E-state index is 11.9. The molecule has 0 aliphatic heterocycles. The number of aromatic amines is 1. The van der Waals surface area contributed by atoms with Gasteiger partial charge in [0.1, 0.15) is 15.7 Å². The number of anilines is 1. The second-order valence-electron chi connectivity index (χ2n) is 3.31. The number of hydrogen-bond donors (Lipinski definition) is 2. The molecule has 0 spiro atoms. The first kappa shape index (κ1) is 12.7. The van der Waals surface area contributed by atoms with Crippen LogP contribution in [0.1, 0.15) is 10.5 Å². The lowest BCUT2D eigenvalue weighted by molar-refractivity contribution is 0.0595. The van der Waals surface area contributed by atoms with E-state index in [2.05, 4.69) is 14.4 Å². The minimum absolute atomic E-state index is 0.182. The molecular formula is C10H10N2O4S2. The van der Waals surface area contributed by atoms with E-state index in [0.717, 1.165) is 11.3 Å². The molecule has 0 atom stereocenters. The van der Waals surface area contributed by atoms with Gasteiger partial charge in [0.2, 0.25) is 0 Å². The highest BCUT2D eigenvalue weighted by molar-refractivity contribution is 7.94. The van der Waals surface area contributed by atoms with Gasteiger partial charge in [-0.25, -0.2) is 13.2 Å². The highest BCUT2D eigenvalue weighted by Gasteiger charge is 2.17. The van der Waals surface area contributed by atoms with Crippen LogP contribution in [0.5, 0.6) is 0 Å². The maximum Gasteiger partial charge on any atom is 0.354 e. The van der Waals surface area contributed by atoms with Gasteiger partial charge in [-0.05, 0) is 23.6 Å². The van der Waals surface area contributed by atoms with Crippen LogP contribution in [0.3, 0.4) is 0 Å². The summed E-state index contributed by atoms with van der Waals surface area (Å²) in [6, 6.07) is 6.04. The van der Waals surface area contributed by atoms with E-state index in [1.807, 2.05) is 0 Å². The molecule has 0 aromatic carbocycles. The Kier molecular flexibility index (Phi) is 3.39. The highest BCUT2D eigenvalue weighted by Crippen LogP contribution is 2.19. The van der Waals surface area contributed by atoms with Gasteiger partial charge in [-0.3, -0.25) is 4.72 Å². The van der Waals surface area contributed by atoms with Crippen molar-refractivity contribution < 1.29 is 17.9 Å². The van der Waals surface area contributed by atoms with Gasteiger partial charge < -0.3 is 9.72 Å².